The van der Waals surface area contributed by atoms with E-state index in [1.165, 1.54) is 0 Å². The zero-order chi connectivity index (χ0) is 23.5. The van der Waals surface area contributed by atoms with Gasteiger partial charge < -0.3 is 26.7 Å². The Morgan fingerprint density at radius 2 is 1.56 bits per heavy atom. The summed E-state index contributed by atoms with van der Waals surface area (Å²) in [4.78, 5) is 6.14. The number of ether oxygens (including phenoxy) is 2. The zero-order valence-electron chi connectivity index (χ0n) is 16.6. The van der Waals surface area contributed by atoms with Crippen molar-refractivity contribution < 1.29 is 31.3 Å². The van der Waals surface area contributed by atoms with E-state index in [4.69, 9.17) is 26.2 Å². The predicted molar refractivity (Wildman–Crippen MR) is 116 cm³/mol. The Labute approximate surface area is 193 Å². The number of halogens is 6. The first-order valence-corrected chi connectivity index (χ1v) is 10.1. The van der Waals surface area contributed by atoms with Crippen molar-refractivity contribution in [2.24, 2.45) is 0 Å². The average molecular weight is 534 g/mol. The second kappa shape index (κ2) is 9.74. The molecular weight excluding hydrogens is 518 g/mol. The van der Waals surface area contributed by atoms with Crippen molar-refractivity contribution in [3.63, 3.8) is 0 Å². The van der Waals surface area contributed by atoms with Crippen LogP contribution in [0.5, 0.6) is 11.9 Å². The highest BCUT2D eigenvalue weighted by molar-refractivity contribution is 9.10. The molecule has 0 saturated heterocycles. The standard InChI is InChI=1S/C19H15BrClN4O2.BF4/c1-26-17-11-16-18(12-3-7-14(21)8-4-12)23-25(24(16)19(22-17)27-2)15-9-5-13(20)6-10-15;2-1(3,4)5/h3-11H,1-2H3;/q+1;-1. The van der Waals surface area contributed by atoms with Crippen molar-refractivity contribution >= 4 is 40.3 Å². The number of methoxy groups -OCH3 is 2. The molecule has 0 aliphatic carbocycles. The fourth-order valence-corrected chi connectivity index (χ4v) is 3.19. The smallest absolute Gasteiger partial charge is 0.469 e. The van der Waals surface area contributed by atoms with Gasteiger partial charge in [0.05, 0.1) is 20.3 Å². The molecule has 4 aromatic rings. The minimum Gasteiger partial charge on any atom is -0.469 e. The summed E-state index contributed by atoms with van der Waals surface area (Å²) in [6.45, 7) is 0. The van der Waals surface area contributed by atoms with Gasteiger partial charge in [-0.25, -0.2) is 0 Å². The number of nitrogens with zero attached hydrogens (tertiary/aromatic N) is 4. The first-order chi connectivity index (χ1) is 15.1. The van der Waals surface area contributed by atoms with E-state index in [0.717, 1.165) is 26.9 Å². The molecule has 2 aromatic carbocycles. The van der Waals surface area contributed by atoms with E-state index in [0.29, 0.717) is 16.9 Å². The van der Waals surface area contributed by atoms with Crippen LogP contribution in [0.1, 0.15) is 0 Å². The Kier molecular flexibility index (Phi) is 7.24. The lowest BCUT2D eigenvalue weighted by Gasteiger charge is -2.03. The van der Waals surface area contributed by atoms with Gasteiger partial charge in [-0.05, 0) is 58.6 Å². The minimum atomic E-state index is -6.00. The third kappa shape index (κ3) is 5.68. The highest BCUT2D eigenvalue weighted by Gasteiger charge is 2.27. The molecule has 0 bridgehead atoms. The largest absolute Gasteiger partial charge is 0.673 e. The van der Waals surface area contributed by atoms with Gasteiger partial charge in [-0.15, -0.1) is 0 Å². The predicted octanol–water partition coefficient (Wildman–Crippen LogP) is 5.41. The maximum Gasteiger partial charge on any atom is 0.673 e. The molecule has 0 fully saturated rings. The third-order valence-corrected chi connectivity index (χ3v) is 4.85. The van der Waals surface area contributed by atoms with Crippen LogP contribution in [0.25, 0.3) is 22.5 Å². The number of aromatic nitrogens is 4. The second-order valence-corrected chi connectivity index (χ2v) is 7.55. The Hall–Kier alpha value is -2.86. The van der Waals surface area contributed by atoms with Crippen LogP contribution in [-0.4, -0.2) is 36.4 Å². The fourth-order valence-electron chi connectivity index (χ4n) is 2.80. The van der Waals surface area contributed by atoms with Gasteiger partial charge in [0, 0.05) is 15.1 Å². The fraction of sp³-hybridized carbons (Fsp3) is 0.105. The first kappa shape index (κ1) is 23.8. The van der Waals surface area contributed by atoms with Gasteiger partial charge in [0.1, 0.15) is 5.69 Å². The lowest BCUT2D eigenvalue weighted by molar-refractivity contribution is -0.613. The molecule has 0 N–H and O–H groups in total. The summed E-state index contributed by atoms with van der Waals surface area (Å²) in [6, 6.07) is 17.5. The van der Waals surface area contributed by atoms with Gasteiger partial charge in [0.2, 0.25) is 5.69 Å². The molecule has 0 atom stereocenters. The summed E-state index contributed by atoms with van der Waals surface area (Å²) in [5, 5.41) is 5.49. The normalized spacial score (nSPS) is 11.1. The molecule has 0 aliphatic heterocycles. The Balaban J connectivity index is 0.000000523. The third-order valence-electron chi connectivity index (χ3n) is 4.07. The van der Waals surface area contributed by atoms with Crippen LogP contribution in [0.2, 0.25) is 5.02 Å². The highest BCUT2D eigenvalue weighted by atomic mass is 79.9. The van der Waals surface area contributed by atoms with Gasteiger partial charge in [0.25, 0.3) is 5.88 Å². The molecule has 4 rings (SSSR count). The van der Waals surface area contributed by atoms with Crippen molar-refractivity contribution in [2.75, 3.05) is 14.2 Å². The van der Waals surface area contributed by atoms with Gasteiger partial charge in [-0.1, -0.05) is 36.8 Å². The highest BCUT2D eigenvalue weighted by Crippen LogP contribution is 2.26. The first-order valence-electron chi connectivity index (χ1n) is 8.94. The maximum atomic E-state index is 9.75. The monoisotopic (exact) mass is 532 g/mol. The van der Waals surface area contributed by atoms with Crippen LogP contribution in [0.4, 0.5) is 17.3 Å². The molecule has 2 heterocycles. The quantitative estimate of drug-likeness (QED) is 0.200. The van der Waals surface area contributed by atoms with E-state index in [2.05, 4.69) is 20.9 Å². The van der Waals surface area contributed by atoms with E-state index in [-0.39, 0.29) is 0 Å². The van der Waals surface area contributed by atoms with Crippen molar-refractivity contribution in [3.05, 3.63) is 64.1 Å². The van der Waals surface area contributed by atoms with Gasteiger partial charge >= 0.3 is 13.3 Å². The summed E-state index contributed by atoms with van der Waals surface area (Å²) in [7, 11) is -2.87. The van der Waals surface area contributed by atoms with Crippen LogP contribution < -0.4 is 14.0 Å². The molecule has 0 aliphatic rings. The molecule has 0 radical (unpaired) electrons. The summed E-state index contributed by atoms with van der Waals surface area (Å²) < 4.78 is 52.6. The van der Waals surface area contributed by atoms with Crippen molar-refractivity contribution in [3.8, 4) is 28.8 Å². The van der Waals surface area contributed by atoms with E-state index in [9.17, 15) is 17.3 Å². The van der Waals surface area contributed by atoms with Crippen molar-refractivity contribution in [2.45, 2.75) is 0 Å². The number of hydrogen-bond donors (Lipinski definition) is 0. The number of rotatable bonds is 4. The molecule has 13 heteroatoms. The molecule has 32 heavy (non-hydrogen) atoms. The average Bonchev–Trinajstić information content (AvgIpc) is 3.12. The molecule has 2 aromatic heterocycles. The molecule has 0 unspecified atom stereocenters. The second-order valence-electron chi connectivity index (χ2n) is 6.20. The summed E-state index contributed by atoms with van der Waals surface area (Å²) in [5.74, 6) is 0.442. The van der Waals surface area contributed by atoms with Crippen LogP contribution in [-0.2, 0) is 0 Å². The van der Waals surface area contributed by atoms with E-state index in [1.54, 1.807) is 23.5 Å². The molecule has 6 nitrogen and oxygen atoms in total. The Morgan fingerprint density at radius 3 is 2.09 bits per heavy atom. The molecule has 0 amide bonds. The van der Waals surface area contributed by atoms with E-state index in [1.807, 2.05) is 54.6 Å². The summed E-state index contributed by atoms with van der Waals surface area (Å²) in [5.41, 5.74) is 3.33. The van der Waals surface area contributed by atoms with Crippen LogP contribution in [0, 0.1) is 0 Å². The SMILES string of the molecule is COc1cc2c(-c3ccc(Cl)cc3)nn(-c3ccc(Br)cc3)[n+]2c(OC)n1.F[B-](F)(F)F. The lowest BCUT2D eigenvalue weighted by atomic mass is 10.1. The van der Waals surface area contributed by atoms with E-state index < -0.39 is 7.25 Å². The van der Waals surface area contributed by atoms with Gasteiger partial charge in [-0.3, -0.25) is 0 Å². The van der Waals surface area contributed by atoms with Gasteiger partial charge in [0.15, 0.2) is 5.52 Å². The summed E-state index contributed by atoms with van der Waals surface area (Å²) >= 11 is 9.50. The lowest BCUT2D eigenvalue weighted by Crippen LogP contribution is -2.35. The molecule has 0 spiro atoms. The number of hydrogen-bond acceptors (Lipinski definition) is 4. The van der Waals surface area contributed by atoms with Crippen molar-refractivity contribution in [1.82, 2.24) is 14.9 Å². The van der Waals surface area contributed by atoms with E-state index >= 15 is 0 Å². The van der Waals surface area contributed by atoms with Crippen LogP contribution in [0.3, 0.4) is 0 Å². The van der Waals surface area contributed by atoms with Crippen LogP contribution >= 0.6 is 27.5 Å². The number of fused-ring (bicyclic) bond motifs is 1. The van der Waals surface area contributed by atoms with Crippen LogP contribution in [0.15, 0.2) is 59.1 Å². The number of benzene rings is 2. The molecule has 168 valence electrons. The van der Waals surface area contributed by atoms with Gasteiger partial charge in [-0.2, -0.15) is 0 Å². The Morgan fingerprint density at radius 1 is 0.969 bits per heavy atom. The zero-order valence-corrected chi connectivity index (χ0v) is 19.0. The summed E-state index contributed by atoms with van der Waals surface area (Å²) in [6.07, 6.45) is 0. The minimum absolute atomic E-state index is 0.361. The Bertz CT molecular complexity index is 1220. The maximum absolute atomic E-state index is 9.75. The van der Waals surface area contributed by atoms with Crippen molar-refractivity contribution in [1.29, 1.82) is 0 Å². The topological polar surface area (TPSA) is 53.3 Å². The molecule has 0 saturated carbocycles. The molecular formula is C19H15BBrClF4N4O2.